The average molecular weight is 417 g/mol. The van der Waals surface area contributed by atoms with Gasteiger partial charge in [0, 0.05) is 28.1 Å². The van der Waals surface area contributed by atoms with E-state index in [0.717, 1.165) is 15.3 Å². The summed E-state index contributed by atoms with van der Waals surface area (Å²) in [5.41, 5.74) is 1.61. The molecule has 2 aromatic carbocycles. The van der Waals surface area contributed by atoms with Crippen LogP contribution in [0.25, 0.3) is 5.69 Å². The lowest BCUT2D eigenvalue weighted by Crippen LogP contribution is -2.04. The SMILES string of the molecule is O=C(CSc1nccn1-c1ccc(Br)cc1)c1ccc2c(c1)OCO2. The number of ketones is 1. The smallest absolute Gasteiger partial charge is 0.231 e. The molecule has 1 aliphatic rings. The monoisotopic (exact) mass is 416 g/mol. The highest BCUT2D eigenvalue weighted by atomic mass is 79.9. The Balaban J connectivity index is 1.48. The number of nitrogens with zero attached hydrogens (tertiary/aromatic N) is 2. The molecule has 2 heterocycles. The zero-order chi connectivity index (χ0) is 17.2. The van der Waals surface area contributed by atoms with Gasteiger partial charge in [0.2, 0.25) is 6.79 Å². The number of fused-ring (bicyclic) bond motifs is 1. The lowest BCUT2D eigenvalue weighted by molar-refractivity contribution is 0.102. The molecule has 0 bridgehead atoms. The standard InChI is InChI=1S/C18H13BrN2O3S/c19-13-2-4-14(5-3-13)21-8-7-20-18(21)25-10-15(22)12-1-6-16-17(9-12)24-11-23-16/h1-9H,10-11H2. The molecule has 0 aliphatic carbocycles. The minimum absolute atomic E-state index is 0.0219. The molecule has 7 heteroatoms. The maximum Gasteiger partial charge on any atom is 0.231 e. The first-order valence-corrected chi connectivity index (χ1v) is 9.33. The average Bonchev–Trinajstić information content (AvgIpc) is 3.28. The van der Waals surface area contributed by atoms with E-state index in [4.69, 9.17) is 9.47 Å². The number of rotatable bonds is 5. The van der Waals surface area contributed by atoms with E-state index in [2.05, 4.69) is 20.9 Å². The normalized spacial score (nSPS) is 12.4. The van der Waals surface area contributed by atoms with Crippen molar-refractivity contribution in [3.8, 4) is 17.2 Å². The van der Waals surface area contributed by atoms with Gasteiger partial charge in [0.25, 0.3) is 0 Å². The highest BCUT2D eigenvalue weighted by Gasteiger charge is 2.17. The second kappa shape index (κ2) is 6.93. The first-order valence-electron chi connectivity index (χ1n) is 7.56. The number of halogens is 1. The van der Waals surface area contributed by atoms with Crippen molar-refractivity contribution in [3.05, 3.63) is 64.9 Å². The summed E-state index contributed by atoms with van der Waals surface area (Å²) in [6.45, 7) is 0.201. The van der Waals surface area contributed by atoms with E-state index in [1.807, 2.05) is 35.0 Å². The number of aromatic nitrogens is 2. The molecule has 0 unspecified atom stereocenters. The van der Waals surface area contributed by atoms with Gasteiger partial charge >= 0.3 is 0 Å². The van der Waals surface area contributed by atoms with E-state index in [9.17, 15) is 4.79 Å². The molecular formula is C18H13BrN2O3S. The van der Waals surface area contributed by atoms with Gasteiger partial charge in [0.1, 0.15) is 0 Å². The molecule has 126 valence electrons. The van der Waals surface area contributed by atoms with Gasteiger partial charge in [0.15, 0.2) is 22.4 Å². The van der Waals surface area contributed by atoms with Crippen LogP contribution in [0.5, 0.6) is 11.5 Å². The number of Topliss-reactive ketones (excluding diaryl/α,β-unsaturated/α-hetero) is 1. The molecule has 0 saturated heterocycles. The Labute approximate surface area is 157 Å². The van der Waals surface area contributed by atoms with Crippen molar-refractivity contribution in [3.63, 3.8) is 0 Å². The van der Waals surface area contributed by atoms with Crippen molar-refractivity contribution in [2.45, 2.75) is 5.16 Å². The molecule has 25 heavy (non-hydrogen) atoms. The summed E-state index contributed by atoms with van der Waals surface area (Å²) < 4.78 is 13.6. The van der Waals surface area contributed by atoms with Crippen LogP contribution >= 0.6 is 27.7 Å². The van der Waals surface area contributed by atoms with Gasteiger partial charge in [-0.15, -0.1) is 0 Å². The highest BCUT2D eigenvalue weighted by molar-refractivity contribution is 9.10. The number of carbonyl (C=O) groups is 1. The van der Waals surface area contributed by atoms with Gasteiger partial charge in [-0.3, -0.25) is 9.36 Å². The molecule has 0 spiro atoms. The van der Waals surface area contributed by atoms with Crippen LogP contribution in [0.1, 0.15) is 10.4 Å². The van der Waals surface area contributed by atoms with Crippen LogP contribution in [-0.2, 0) is 0 Å². The van der Waals surface area contributed by atoms with E-state index in [1.54, 1.807) is 24.4 Å². The number of ether oxygens (including phenoxy) is 2. The summed E-state index contributed by atoms with van der Waals surface area (Å²) in [6, 6.07) is 13.2. The van der Waals surface area contributed by atoms with Crippen molar-refractivity contribution < 1.29 is 14.3 Å². The van der Waals surface area contributed by atoms with E-state index >= 15 is 0 Å². The fraction of sp³-hybridized carbons (Fsp3) is 0.111. The van der Waals surface area contributed by atoms with Crippen LogP contribution in [0.4, 0.5) is 0 Å². The topological polar surface area (TPSA) is 53.4 Å². The first-order chi connectivity index (χ1) is 12.2. The minimum atomic E-state index is 0.0219. The van der Waals surface area contributed by atoms with E-state index in [-0.39, 0.29) is 12.6 Å². The maximum absolute atomic E-state index is 12.5. The number of thioether (sulfide) groups is 1. The van der Waals surface area contributed by atoms with Crippen molar-refractivity contribution in [1.82, 2.24) is 9.55 Å². The highest BCUT2D eigenvalue weighted by Crippen LogP contribution is 2.33. The Morgan fingerprint density at radius 3 is 2.80 bits per heavy atom. The van der Waals surface area contributed by atoms with Crippen molar-refractivity contribution in [2.24, 2.45) is 0 Å². The molecule has 3 aromatic rings. The Bertz CT molecular complexity index is 924. The lowest BCUT2D eigenvalue weighted by atomic mass is 10.1. The summed E-state index contributed by atoms with van der Waals surface area (Å²) >= 11 is 4.84. The molecule has 0 N–H and O–H groups in total. The third-order valence-corrected chi connectivity index (χ3v) is 5.23. The van der Waals surface area contributed by atoms with E-state index in [1.165, 1.54) is 11.8 Å². The fourth-order valence-electron chi connectivity index (χ4n) is 2.48. The van der Waals surface area contributed by atoms with Gasteiger partial charge in [-0.05, 0) is 42.5 Å². The molecule has 0 atom stereocenters. The molecule has 0 amide bonds. The van der Waals surface area contributed by atoms with Crippen LogP contribution < -0.4 is 9.47 Å². The summed E-state index contributed by atoms with van der Waals surface area (Å²) in [6.07, 6.45) is 3.62. The number of benzene rings is 2. The molecule has 4 rings (SSSR count). The van der Waals surface area contributed by atoms with Crippen LogP contribution in [0, 0.1) is 0 Å². The van der Waals surface area contributed by atoms with Gasteiger partial charge < -0.3 is 9.47 Å². The quantitative estimate of drug-likeness (QED) is 0.457. The molecular weight excluding hydrogens is 404 g/mol. The van der Waals surface area contributed by atoms with Gasteiger partial charge in [-0.25, -0.2) is 4.98 Å². The summed E-state index contributed by atoms with van der Waals surface area (Å²) in [4.78, 5) is 16.8. The Morgan fingerprint density at radius 2 is 1.96 bits per heavy atom. The van der Waals surface area contributed by atoms with Gasteiger partial charge in [0.05, 0.1) is 5.75 Å². The molecule has 0 saturated carbocycles. The summed E-state index contributed by atoms with van der Waals surface area (Å²) in [5.74, 6) is 1.61. The van der Waals surface area contributed by atoms with E-state index < -0.39 is 0 Å². The third kappa shape index (κ3) is 3.43. The number of hydrogen-bond acceptors (Lipinski definition) is 5. The Kier molecular flexibility index (Phi) is 4.50. The van der Waals surface area contributed by atoms with Crippen molar-refractivity contribution in [1.29, 1.82) is 0 Å². The zero-order valence-electron chi connectivity index (χ0n) is 13.0. The second-order valence-corrected chi connectivity index (χ2v) is 7.19. The lowest BCUT2D eigenvalue weighted by Gasteiger charge is -2.07. The summed E-state index contributed by atoms with van der Waals surface area (Å²) in [5, 5.41) is 0.774. The van der Waals surface area contributed by atoms with Crippen LogP contribution in [0.15, 0.2) is 64.5 Å². The molecule has 1 aromatic heterocycles. The number of hydrogen-bond donors (Lipinski definition) is 0. The van der Waals surface area contributed by atoms with Crippen LogP contribution in [0.3, 0.4) is 0 Å². The van der Waals surface area contributed by atoms with Crippen LogP contribution in [0.2, 0.25) is 0 Å². The molecule has 1 aliphatic heterocycles. The van der Waals surface area contributed by atoms with Gasteiger partial charge in [-0.2, -0.15) is 0 Å². The summed E-state index contributed by atoms with van der Waals surface area (Å²) in [7, 11) is 0. The van der Waals surface area contributed by atoms with Crippen molar-refractivity contribution >= 4 is 33.5 Å². The van der Waals surface area contributed by atoms with Crippen LogP contribution in [-0.4, -0.2) is 27.9 Å². The van der Waals surface area contributed by atoms with Gasteiger partial charge in [-0.1, -0.05) is 27.7 Å². The predicted octanol–water partition coefficient (Wildman–Crippen LogP) is 4.34. The molecule has 5 nitrogen and oxygen atoms in total. The first kappa shape index (κ1) is 16.2. The zero-order valence-corrected chi connectivity index (χ0v) is 15.4. The largest absolute Gasteiger partial charge is 0.454 e. The third-order valence-electron chi connectivity index (χ3n) is 3.74. The molecule has 0 radical (unpaired) electrons. The molecule has 0 fully saturated rings. The Hall–Kier alpha value is -2.25. The fourth-order valence-corrected chi connectivity index (χ4v) is 3.61. The predicted molar refractivity (Wildman–Crippen MR) is 98.9 cm³/mol. The Morgan fingerprint density at radius 1 is 1.16 bits per heavy atom. The number of imidazole rings is 1. The van der Waals surface area contributed by atoms with Crippen molar-refractivity contribution in [2.75, 3.05) is 12.5 Å². The van der Waals surface area contributed by atoms with E-state index in [0.29, 0.717) is 22.8 Å². The minimum Gasteiger partial charge on any atom is -0.454 e. The maximum atomic E-state index is 12.5. The second-order valence-electron chi connectivity index (χ2n) is 5.34. The number of carbonyl (C=O) groups excluding carboxylic acids is 1.